The maximum atomic E-state index is 13.2. The Balaban J connectivity index is 2.03. The van der Waals surface area contributed by atoms with Gasteiger partial charge in [0.05, 0.1) is 17.7 Å². The SMILES string of the molecule is COc1ccc(C)cc1NC(=O)[C@H](c1ccccc1)n1cc([N+](=O)[O-])c(C)n1. The van der Waals surface area contributed by atoms with Gasteiger partial charge < -0.3 is 10.1 Å². The van der Waals surface area contributed by atoms with Crippen molar-refractivity contribution in [1.82, 2.24) is 9.78 Å². The Bertz CT molecular complexity index is 1010. The number of carbonyl (C=O) groups is 1. The van der Waals surface area contributed by atoms with E-state index in [-0.39, 0.29) is 17.3 Å². The highest BCUT2D eigenvalue weighted by Crippen LogP contribution is 2.29. The summed E-state index contributed by atoms with van der Waals surface area (Å²) in [4.78, 5) is 23.9. The van der Waals surface area contributed by atoms with Gasteiger partial charge in [-0.15, -0.1) is 0 Å². The molecule has 0 saturated heterocycles. The standard InChI is InChI=1S/C20H20N4O4/c1-13-9-10-18(28-3)16(11-13)21-20(25)19(15-7-5-4-6-8-15)23-12-17(24(26)27)14(2)22-23/h4-12,19H,1-3H3,(H,21,25)/t19-/m0/s1. The highest BCUT2D eigenvalue weighted by Gasteiger charge is 2.28. The third kappa shape index (κ3) is 3.85. The second-order valence-electron chi connectivity index (χ2n) is 6.34. The minimum absolute atomic E-state index is 0.137. The van der Waals surface area contributed by atoms with Crippen molar-refractivity contribution in [1.29, 1.82) is 0 Å². The van der Waals surface area contributed by atoms with E-state index in [4.69, 9.17) is 4.74 Å². The van der Waals surface area contributed by atoms with Gasteiger partial charge in [-0.05, 0) is 37.1 Å². The Morgan fingerprint density at radius 2 is 1.93 bits per heavy atom. The number of methoxy groups -OCH3 is 1. The maximum absolute atomic E-state index is 13.2. The molecule has 0 aliphatic rings. The van der Waals surface area contributed by atoms with E-state index >= 15 is 0 Å². The van der Waals surface area contributed by atoms with Crippen LogP contribution in [-0.2, 0) is 4.79 Å². The van der Waals surface area contributed by atoms with Gasteiger partial charge >= 0.3 is 5.69 Å². The average molecular weight is 380 g/mol. The summed E-state index contributed by atoms with van der Waals surface area (Å²) in [6, 6.07) is 13.6. The van der Waals surface area contributed by atoms with Crippen LogP contribution in [0.1, 0.15) is 22.9 Å². The van der Waals surface area contributed by atoms with Gasteiger partial charge in [0.2, 0.25) is 0 Å². The molecule has 0 aliphatic carbocycles. The van der Waals surface area contributed by atoms with Crippen molar-refractivity contribution < 1.29 is 14.5 Å². The summed E-state index contributed by atoms with van der Waals surface area (Å²) >= 11 is 0. The molecule has 1 N–H and O–H groups in total. The summed E-state index contributed by atoms with van der Waals surface area (Å²) in [6.45, 7) is 3.45. The second-order valence-corrected chi connectivity index (χ2v) is 6.34. The van der Waals surface area contributed by atoms with E-state index in [1.54, 1.807) is 36.4 Å². The Hall–Kier alpha value is -3.68. The molecule has 0 saturated carbocycles. The fourth-order valence-corrected chi connectivity index (χ4v) is 2.96. The van der Waals surface area contributed by atoms with Gasteiger partial charge in [0, 0.05) is 0 Å². The van der Waals surface area contributed by atoms with Crippen LogP contribution in [0.15, 0.2) is 54.7 Å². The largest absolute Gasteiger partial charge is 0.495 e. The summed E-state index contributed by atoms with van der Waals surface area (Å²) in [6.07, 6.45) is 1.28. The lowest BCUT2D eigenvalue weighted by atomic mass is 10.1. The predicted octanol–water partition coefficient (Wildman–Crippen LogP) is 3.64. The van der Waals surface area contributed by atoms with Crippen molar-refractivity contribution >= 4 is 17.3 Å². The number of amides is 1. The zero-order valence-electron chi connectivity index (χ0n) is 15.7. The van der Waals surface area contributed by atoms with Crippen LogP contribution in [0.3, 0.4) is 0 Å². The number of hydrogen-bond donors (Lipinski definition) is 1. The maximum Gasteiger partial charge on any atom is 0.309 e. The van der Waals surface area contributed by atoms with Crippen molar-refractivity contribution in [2.45, 2.75) is 19.9 Å². The zero-order valence-corrected chi connectivity index (χ0v) is 15.7. The van der Waals surface area contributed by atoms with Crippen molar-refractivity contribution in [3.05, 3.63) is 81.7 Å². The minimum Gasteiger partial charge on any atom is -0.495 e. The third-order valence-corrected chi connectivity index (χ3v) is 4.33. The average Bonchev–Trinajstić information content (AvgIpc) is 3.04. The zero-order chi connectivity index (χ0) is 20.3. The molecule has 1 heterocycles. The van der Waals surface area contributed by atoms with Crippen molar-refractivity contribution in [3.63, 3.8) is 0 Å². The summed E-state index contributed by atoms with van der Waals surface area (Å²) in [5, 5.41) is 18.3. The molecule has 0 unspecified atom stereocenters. The van der Waals surface area contributed by atoms with Gasteiger partial charge in [-0.25, -0.2) is 4.68 Å². The topological polar surface area (TPSA) is 99.3 Å². The molecule has 3 aromatic rings. The molecule has 0 fully saturated rings. The first-order valence-electron chi connectivity index (χ1n) is 8.61. The summed E-state index contributed by atoms with van der Waals surface area (Å²) in [7, 11) is 1.52. The van der Waals surface area contributed by atoms with E-state index in [1.165, 1.54) is 24.9 Å². The fraction of sp³-hybridized carbons (Fsp3) is 0.200. The van der Waals surface area contributed by atoms with Crippen molar-refractivity contribution in [2.24, 2.45) is 0 Å². The van der Waals surface area contributed by atoms with E-state index in [2.05, 4.69) is 10.4 Å². The molecule has 1 amide bonds. The molecule has 2 aromatic carbocycles. The number of nitro groups is 1. The van der Waals surface area contributed by atoms with E-state index in [0.717, 1.165) is 5.56 Å². The highest BCUT2D eigenvalue weighted by atomic mass is 16.6. The molecule has 1 atom stereocenters. The molecule has 28 heavy (non-hydrogen) atoms. The van der Waals surface area contributed by atoms with Crippen molar-refractivity contribution in [3.8, 4) is 5.75 Å². The minimum atomic E-state index is -0.876. The Labute approximate surface area is 161 Å². The van der Waals surface area contributed by atoms with Gasteiger partial charge in [-0.2, -0.15) is 5.10 Å². The van der Waals surface area contributed by atoms with Crippen LogP contribution in [0, 0.1) is 24.0 Å². The molecule has 0 spiro atoms. The van der Waals surface area contributed by atoms with Gasteiger partial charge in [0.15, 0.2) is 6.04 Å². The van der Waals surface area contributed by atoms with Crippen LogP contribution in [0.2, 0.25) is 0 Å². The lowest BCUT2D eigenvalue weighted by Crippen LogP contribution is -2.27. The van der Waals surface area contributed by atoms with E-state index < -0.39 is 11.0 Å². The van der Waals surface area contributed by atoms with Crippen LogP contribution in [-0.4, -0.2) is 27.7 Å². The third-order valence-electron chi connectivity index (χ3n) is 4.33. The van der Waals surface area contributed by atoms with E-state index in [9.17, 15) is 14.9 Å². The van der Waals surface area contributed by atoms with Crippen LogP contribution in [0.5, 0.6) is 5.75 Å². The number of hydrogen-bond acceptors (Lipinski definition) is 5. The highest BCUT2D eigenvalue weighted by molar-refractivity contribution is 5.97. The number of nitrogens with zero attached hydrogens (tertiary/aromatic N) is 3. The van der Waals surface area contributed by atoms with Crippen LogP contribution in [0.4, 0.5) is 11.4 Å². The van der Waals surface area contributed by atoms with Gasteiger partial charge in [0.25, 0.3) is 5.91 Å². The summed E-state index contributed by atoms with van der Waals surface area (Å²) in [5.74, 6) is 0.140. The number of aryl methyl sites for hydroxylation is 2. The Morgan fingerprint density at radius 3 is 2.54 bits per heavy atom. The van der Waals surface area contributed by atoms with Crippen molar-refractivity contribution in [2.75, 3.05) is 12.4 Å². The Morgan fingerprint density at radius 1 is 1.21 bits per heavy atom. The molecule has 8 heteroatoms. The monoisotopic (exact) mass is 380 g/mol. The van der Waals surface area contributed by atoms with E-state index in [1.807, 2.05) is 19.1 Å². The number of carbonyl (C=O) groups excluding carboxylic acids is 1. The first kappa shape index (κ1) is 19.1. The molecule has 3 rings (SSSR count). The smallest absolute Gasteiger partial charge is 0.309 e. The fourth-order valence-electron chi connectivity index (χ4n) is 2.96. The molecule has 0 radical (unpaired) electrons. The van der Waals surface area contributed by atoms with Crippen LogP contribution >= 0.6 is 0 Å². The molecule has 1 aromatic heterocycles. The number of anilines is 1. The number of aromatic nitrogens is 2. The van der Waals surface area contributed by atoms with Gasteiger partial charge in [0.1, 0.15) is 17.6 Å². The second kappa shape index (κ2) is 7.91. The molecule has 8 nitrogen and oxygen atoms in total. The summed E-state index contributed by atoms with van der Waals surface area (Å²) < 4.78 is 6.64. The number of nitrogens with one attached hydrogen (secondary N) is 1. The normalized spacial score (nSPS) is 11.7. The first-order chi connectivity index (χ1) is 13.4. The Kier molecular flexibility index (Phi) is 5.39. The molecular formula is C20H20N4O4. The number of benzene rings is 2. The van der Waals surface area contributed by atoms with Gasteiger partial charge in [-0.3, -0.25) is 14.9 Å². The number of ether oxygens (including phenoxy) is 1. The summed E-state index contributed by atoms with van der Waals surface area (Å²) in [5.41, 5.74) is 2.24. The molecular weight excluding hydrogens is 360 g/mol. The first-order valence-corrected chi connectivity index (χ1v) is 8.61. The van der Waals surface area contributed by atoms with Gasteiger partial charge in [-0.1, -0.05) is 36.4 Å². The quantitative estimate of drug-likeness (QED) is 0.520. The molecule has 0 bridgehead atoms. The number of rotatable bonds is 6. The van der Waals surface area contributed by atoms with E-state index in [0.29, 0.717) is 17.0 Å². The van der Waals surface area contributed by atoms with Crippen LogP contribution < -0.4 is 10.1 Å². The predicted molar refractivity (Wildman–Crippen MR) is 105 cm³/mol. The van der Waals surface area contributed by atoms with Crippen LogP contribution in [0.25, 0.3) is 0 Å². The molecule has 0 aliphatic heterocycles. The molecule has 144 valence electrons. The lowest BCUT2D eigenvalue weighted by Gasteiger charge is -2.19. The lowest BCUT2D eigenvalue weighted by molar-refractivity contribution is -0.385.